The van der Waals surface area contributed by atoms with Crippen LogP contribution in [0, 0.1) is 0 Å². The van der Waals surface area contributed by atoms with Crippen LogP contribution in [-0.2, 0) is 5.41 Å². The molecule has 0 fully saturated rings. The van der Waals surface area contributed by atoms with Gasteiger partial charge in [-0.05, 0) is 37.5 Å². The third kappa shape index (κ3) is 2.36. The van der Waals surface area contributed by atoms with Gasteiger partial charge >= 0.3 is 6.18 Å². The molecule has 0 unspecified atom stereocenters. The van der Waals surface area contributed by atoms with E-state index in [1.165, 1.54) is 12.3 Å². The molecule has 90 valence electrons. The zero-order chi connectivity index (χ0) is 12.6. The Morgan fingerprint density at radius 3 is 2.19 bits per heavy atom. The zero-order valence-corrected chi connectivity index (χ0v) is 9.89. The van der Waals surface area contributed by atoms with Crippen LogP contribution in [0.4, 0.5) is 13.2 Å². The molecule has 0 aliphatic carbocycles. The number of nitrogens with zero attached hydrogens (tertiary/aromatic N) is 1. The van der Waals surface area contributed by atoms with E-state index in [1.54, 1.807) is 6.07 Å². The lowest BCUT2D eigenvalue weighted by atomic mass is 9.86. The smallest absolute Gasteiger partial charge is 0.260 e. The van der Waals surface area contributed by atoms with E-state index in [0.29, 0.717) is 0 Å². The first-order valence-corrected chi connectivity index (χ1v) is 5.19. The van der Waals surface area contributed by atoms with Crippen LogP contribution in [0.25, 0.3) is 0 Å². The lowest BCUT2D eigenvalue weighted by Gasteiger charge is -2.27. The molecule has 0 saturated heterocycles. The molecule has 0 radical (unpaired) electrons. The standard InChI is InChI=1S/C12H16F3N/c1-8(2)9-5-6-16-10(7-9)11(3,4)12(13,14)15/h5-8H,1-4H3. The average Bonchev–Trinajstić information content (AvgIpc) is 2.16. The van der Waals surface area contributed by atoms with E-state index >= 15 is 0 Å². The van der Waals surface area contributed by atoms with Crippen LogP contribution in [-0.4, -0.2) is 11.2 Å². The Morgan fingerprint density at radius 2 is 1.75 bits per heavy atom. The Morgan fingerprint density at radius 1 is 1.19 bits per heavy atom. The second-order valence-corrected chi connectivity index (χ2v) is 4.75. The molecule has 0 aromatic carbocycles. The summed E-state index contributed by atoms with van der Waals surface area (Å²) in [5, 5.41) is 0. The molecular formula is C12H16F3N. The van der Waals surface area contributed by atoms with Crippen LogP contribution in [0.5, 0.6) is 0 Å². The van der Waals surface area contributed by atoms with Crippen molar-refractivity contribution in [2.24, 2.45) is 0 Å². The van der Waals surface area contributed by atoms with Crippen LogP contribution >= 0.6 is 0 Å². The van der Waals surface area contributed by atoms with E-state index < -0.39 is 11.6 Å². The highest BCUT2D eigenvalue weighted by atomic mass is 19.4. The van der Waals surface area contributed by atoms with Gasteiger partial charge in [-0.2, -0.15) is 13.2 Å². The highest BCUT2D eigenvalue weighted by Gasteiger charge is 2.49. The van der Waals surface area contributed by atoms with Gasteiger partial charge in [0.2, 0.25) is 0 Å². The summed E-state index contributed by atoms with van der Waals surface area (Å²) in [6.07, 6.45) is -2.84. The molecule has 0 aliphatic heterocycles. The highest BCUT2D eigenvalue weighted by Crippen LogP contribution is 2.39. The fourth-order valence-corrected chi connectivity index (χ4v) is 1.29. The number of hydrogen-bond donors (Lipinski definition) is 0. The molecule has 1 rings (SSSR count). The molecule has 0 saturated carbocycles. The van der Waals surface area contributed by atoms with Crippen molar-refractivity contribution >= 4 is 0 Å². The molecule has 0 spiro atoms. The molecule has 1 heterocycles. The normalized spacial score (nSPS) is 13.2. The van der Waals surface area contributed by atoms with E-state index in [0.717, 1.165) is 19.4 Å². The van der Waals surface area contributed by atoms with Crippen LogP contribution in [0.15, 0.2) is 18.3 Å². The maximum absolute atomic E-state index is 12.8. The van der Waals surface area contributed by atoms with Crippen LogP contribution in [0.1, 0.15) is 44.9 Å². The van der Waals surface area contributed by atoms with Crippen molar-refractivity contribution < 1.29 is 13.2 Å². The van der Waals surface area contributed by atoms with Gasteiger partial charge in [0.15, 0.2) is 0 Å². The number of alkyl halides is 3. The van der Waals surface area contributed by atoms with Gasteiger partial charge in [-0.25, -0.2) is 0 Å². The van der Waals surface area contributed by atoms with Gasteiger partial charge in [0.05, 0.1) is 5.69 Å². The monoisotopic (exact) mass is 231 g/mol. The molecule has 0 N–H and O–H groups in total. The summed E-state index contributed by atoms with van der Waals surface area (Å²) >= 11 is 0. The topological polar surface area (TPSA) is 12.9 Å². The summed E-state index contributed by atoms with van der Waals surface area (Å²) in [6.45, 7) is 6.19. The number of pyridine rings is 1. The van der Waals surface area contributed by atoms with Gasteiger partial charge in [-0.1, -0.05) is 13.8 Å². The first kappa shape index (κ1) is 13.0. The Balaban J connectivity index is 3.19. The molecule has 4 heteroatoms. The lowest BCUT2D eigenvalue weighted by Crippen LogP contribution is -2.37. The largest absolute Gasteiger partial charge is 0.399 e. The molecule has 0 amide bonds. The van der Waals surface area contributed by atoms with Gasteiger partial charge in [-0.15, -0.1) is 0 Å². The van der Waals surface area contributed by atoms with E-state index in [9.17, 15) is 13.2 Å². The van der Waals surface area contributed by atoms with Crippen molar-refractivity contribution in [2.45, 2.75) is 45.2 Å². The Labute approximate surface area is 93.7 Å². The molecule has 1 nitrogen and oxygen atoms in total. The van der Waals surface area contributed by atoms with E-state index in [4.69, 9.17) is 0 Å². The van der Waals surface area contributed by atoms with Crippen molar-refractivity contribution in [2.75, 3.05) is 0 Å². The third-order valence-electron chi connectivity index (χ3n) is 2.80. The van der Waals surface area contributed by atoms with Gasteiger partial charge in [0, 0.05) is 6.20 Å². The fraction of sp³-hybridized carbons (Fsp3) is 0.583. The molecular weight excluding hydrogens is 215 g/mol. The van der Waals surface area contributed by atoms with Crippen LogP contribution < -0.4 is 0 Å². The summed E-state index contributed by atoms with van der Waals surface area (Å²) in [4.78, 5) is 3.84. The quantitative estimate of drug-likeness (QED) is 0.748. The van der Waals surface area contributed by atoms with Gasteiger partial charge in [0.25, 0.3) is 0 Å². The summed E-state index contributed by atoms with van der Waals surface area (Å²) in [5.74, 6) is 0.200. The minimum absolute atomic E-state index is 0.0752. The summed E-state index contributed by atoms with van der Waals surface area (Å²) in [5.41, 5.74) is -0.953. The van der Waals surface area contributed by atoms with Crippen molar-refractivity contribution in [3.8, 4) is 0 Å². The maximum Gasteiger partial charge on any atom is 0.399 e. The fourth-order valence-electron chi connectivity index (χ4n) is 1.29. The molecule has 0 bridgehead atoms. The lowest BCUT2D eigenvalue weighted by molar-refractivity contribution is -0.181. The minimum Gasteiger partial charge on any atom is -0.260 e. The van der Waals surface area contributed by atoms with E-state index in [2.05, 4.69) is 4.98 Å². The Kier molecular flexibility index (Phi) is 3.31. The summed E-state index contributed by atoms with van der Waals surface area (Å²) < 4.78 is 38.4. The summed E-state index contributed by atoms with van der Waals surface area (Å²) in [6, 6.07) is 3.29. The second kappa shape index (κ2) is 4.07. The minimum atomic E-state index is -4.28. The predicted molar refractivity (Wildman–Crippen MR) is 57.4 cm³/mol. The average molecular weight is 231 g/mol. The Bertz CT molecular complexity index is 367. The molecule has 1 aromatic heterocycles. The highest BCUT2D eigenvalue weighted by molar-refractivity contribution is 5.25. The predicted octanol–water partition coefficient (Wildman–Crippen LogP) is 4.04. The van der Waals surface area contributed by atoms with E-state index in [1.807, 2.05) is 13.8 Å². The number of hydrogen-bond acceptors (Lipinski definition) is 1. The van der Waals surface area contributed by atoms with Crippen LogP contribution in [0.2, 0.25) is 0 Å². The molecule has 16 heavy (non-hydrogen) atoms. The van der Waals surface area contributed by atoms with Gasteiger partial charge in [0.1, 0.15) is 5.41 Å². The van der Waals surface area contributed by atoms with Crippen molar-refractivity contribution in [3.05, 3.63) is 29.6 Å². The molecule has 0 aliphatic rings. The zero-order valence-electron chi connectivity index (χ0n) is 9.89. The van der Waals surface area contributed by atoms with Crippen molar-refractivity contribution in [1.29, 1.82) is 0 Å². The maximum atomic E-state index is 12.8. The number of aromatic nitrogens is 1. The Hall–Kier alpha value is -1.06. The van der Waals surface area contributed by atoms with Gasteiger partial charge in [-0.3, -0.25) is 4.98 Å². The first-order chi connectivity index (χ1) is 7.16. The van der Waals surface area contributed by atoms with Crippen molar-refractivity contribution in [1.82, 2.24) is 4.98 Å². The number of rotatable bonds is 2. The van der Waals surface area contributed by atoms with Gasteiger partial charge < -0.3 is 0 Å². The molecule has 1 aromatic rings. The number of halogens is 3. The third-order valence-corrected chi connectivity index (χ3v) is 2.80. The summed E-state index contributed by atoms with van der Waals surface area (Å²) in [7, 11) is 0. The van der Waals surface area contributed by atoms with Crippen LogP contribution in [0.3, 0.4) is 0 Å². The first-order valence-electron chi connectivity index (χ1n) is 5.19. The van der Waals surface area contributed by atoms with E-state index in [-0.39, 0.29) is 11.6 Å². The SMILES string of the molecule is CC(C)c1ccnc(C(C)(C)C(F)(F)F)c1. The van der Waals surface area contributed by atoms with Crippen molar-refractivity contribution in [3.63, 3.8) is 0 Å². The molecule has 0 atom stereocenters. The second-order valence-electron chi connectivity index (χ2n) is 4.75.